The Morgan fingerprint density at radius 1 is 1.50 bits per heavy atom. The Morgan fingerprint density at radius 2 is 2.14 bits per heavy atom. The first-order valence-electron chi connectivity index (χ1n) is 3.96. The molecule has 0 atom stereocenters. The van der Waals surface area contributed by atoms with Gasteiger partial charge in [-0.25, -0.2) is 4.79 Å². The van der Waals surface area contributed by atoms with E-state index in [4.69, 9.17) is 0 Å². The van der Waals surface area contributed by atoms with E-state index in [9.17, 15) is 13.2 Å². The van der Waals surface area contributed by atoms with E-state index in [-0.39, 0.29) is 6.61 Å². The normalized spacial score (nSPS) is 11.9. The van der Waals surface area contributed by atoms with Crippen LogP contribution in [0.3, 0.4) is 0 Å². The molecular formula is C7H13NO5S. The third kappa shape index (κ3) is 6.58. The Labute approximate surface area is 82.8 Å². The van der Waals surface area contributed by atoms with Gasteiger partial charge in [-0.1, -0.05) is 13.0 Å². The lowest BCUT2D eigenvalue weighted by Gasteiger charge is -2.01. The van der Waals surface area contributed by atoms with Crippen molar-refractivity contribution in [1.82, 2.24) is 0 Å². The van der Waals surface area contributed by atoms with E-state index in [0.717, 1.165) is 0 Å². The lowest BCUT2D eigenvalue weighted by molar-refractivity contribution is -0.137. The van der Waals surface area contributed by atoms with Crippen molar-refractivity contribution in [2.75, 3.05) is 12.4 Å². The molecule has 0 fully saturated rings. The molecule has 82 valence electrons. The molecule has 0 aliphatic heterocycles. The molecule has 0 aliphatic carbocycles. The highest BCUT2D eigenvalue weighted by atomic mass is 32.2. The Hall–Kier alpha value is -0.920. The van der Waals surface area contributed by atoms with Crippen molar-refractivity contribution >= 4 is 16.1 Å². The van der Waals surface area contributed by atoms with Crippen LogP contribution in [0, 0.1) is 0 Å². The minimum Gasteiger partial charge on any atom is -0.461 e. The van der Waals surface area contributed by atoms with Gasteiger partial charge in [0.1, 0.15) is 12.4 Å². The summed E-state index contributed by atoms with van der Waals surface area (Å²) >= 11 is 0. The van der Waals surface area contributed by atoms with Crippen LogP contribution >= 0.6 is 0 Å². The van der Waals surface area contributed by atoms with Crippen LogP contribution in [-0.4, -0.2) is 26.7 Å². The number of carbonyl (C=O) groups is 1. The van der Waals surface area contributed by atoms with Gasteiger partial charge in [-0.15, -0.1) is 0 Å². The quantitative estimate of drug-likeness (QED) is 0.378. The maximum Gasteiger partial charge on any atom is 0.330 e. The molecule has 0 amide bonds. The molecule has 0 unspecified atom stereocenters. The minimum absolute atomic E-state index is 0.271. The van der Waals surface area contributed by atoms with Crippen LogP contribution in [0.1, 0.15) is 13.3 Å². The maximum absolute atomic E-state index is 10.8. The summed E-state index contributed by atoms with van der Waals surface area (Å²) in [7, 11) is -3.76. The highest BCUT2D eigenvalue weighted by molar-refractivity contribution is 7.86. The standard InChI is InChI=1S/C7H13NO5S/c1-2-3-4-7(9)12-5-6-14(10,11)13-8/h3-4H,2,5-6,8H2,1H3. The van der Waals surface area contributed by atoms with Gasteiger partial charge in [0.05, 0.1) is 0 Å². The molecule has 0 aliphatic rings. The number of ether oxygens (including phenoxy) is 1. The zero-order valence-corrected chi connectivity index (χ0v) is 8.62. The predicted molar refractivity (Wildman–Crippen MR) is 49.4 cm³/mol. The summed E-state index contributed by atoms with van der Waals surface area (Å²) in [4.78, 5) is 10.8. The number of allylic oxidation sites excluding steroid dienone is 1. The van der Waals surface area contributed by atoms with Crippen molar-refractivity contribution in [2.45, 2.75) is 13.3 Å². The Bertz CT molecular complexity index is 295. The number of esters is 1. The summed E-state index contributed by atoms with van der Waals surface area (Å²) in [5, 5.41) is 0. The summed E-state index contributed by atoms with van der Waals surface area (Å²) in [6.45, 7) is 1.59. The van der Waals surface area contributed by atoms with Gasteiger partial charge in [0.2, 0.25) is 0 Å². The number of hydrogen-bond acceptors (Lipinski definition) is 6. The molecule has 0 radical (unpaired) electrons. The fourth-order valence-electron chi connectivity index (χ4n) is 0.555. The van der Waals surface area contributed by atoms with Crippen LogP contribution in [0.15, 0.2) is 12.2 Å². The molecule has 0 spiro atoms. The molecule has 0 bridgehead atoms. The molecule has 0 rings (SSSR count). The predicted octanol–water partition coefficient (Wildman–Crippen LogP) is -0.284. The molecule has 2 N–H and O–H groups in total. The summed E-state index contributed by atoms with van der Waals surface area (Å²) in [6, 6.07) is 0. The first kappa shape index (κ1) is 13.1. The van der Waals surface area contributed by atoms with Crippen molar-refractivity contribution in [1.29, 1.82) is 0 Å². The number of carbonyl (C=O) groups excluding carboxylic acids is 1. The fraction of sp³-hybridized carbons (Fsp3) is 0.571. The highest BCUT2D eigenvalue weighted by Gasteiger charge is 2.09. The Morgan fingerprint density at radius 3 is 2.64 bits per heavy atom. The van der Waals surface area contributed by atoms with E-state index in [1.54, 1.807) is 6.08 Å². The zero-order chi connectivity index (χ0) is 11.0. The first-order valence-corrected chi connectivity index (χ1v) is 5.54. The molecule has 6 nitrogen and oxygen atoms in total. The molecule has 0 saturated carbocycles. The van der Waals surface area contributed by atoms with Gasteiger partial charge < -0.3 is 4.74 Å². The summed E-state index contributed by atoms with van der Waals surface area (Å²) in [6.07, 6.45) is 3.55. The van der Waals surface area contributed by atoms with Gasteiger partial charge in [0, 0.05) is 6.08 Å². The molecule has 0 aromatic carbocycles. The van der Waals surface area contributed by atoms with Crippen molar-refractivity contribution in [3.05, 3.63) is 12.2 Å². The number of nitrogens with two attached hydrogens (primary N) is 1. The highest BCUT2D eigenvalue weighted by Crippen LogP contribution is 1.90. The van der Waals surface area contributed by atoms with Crippen LogP contribution in [-0.2, 0) is 23.9 Å². The van der Waals surface area contributed by atoms with Crippen LogP contribution < -0.4 is 5.90 Å². The van der Waals surface area contributed by atoms with Gasteiger partial charge in [-0.2, -0.15) is 18.6 Å². The van der Waals surface area contributed by atoms with E-state index in [1.165, 1.54) is 6.08 Å². The second kappa shape index (κ2) is 6.52. The van der Waals surface area contributed by atoms with Crippen molar-refractivity contribution in [2.24, 2.45) is 5.90 Å². The van der Waals surface area contributed by atoms with Crippen LogP contribution in [0.2, 0.25) is 0 Å². The second-order valence-corrected chi connectivity index (χ2v) is 4.05. The number of hydrogen-bond donors (Lipinski definition) is 1. The van der Waals surface area contributed by atoms with E-state index < -0.39 is 21.8 Å². The lowest BCUT2D eigenvalue weighted by atomic mass is 10.4. The fourth-order valence-corrected chi connectivity index (χ4v) is 0.938. The van der Waals surface area contributed by atoms with E-state index in [2.05, 4.69) is 14.9 Å². The molecular weight excluding hydrogens is 210 g/mol. The molecule has 0 heterocycles. The Kier molecular flexibility index (Phi) is 6.09. The molecule has 14 heavy (non-hydrogen) atoms. The average Bonchev–Trinajstić information content (AvgIpc) is 2.14. The second-order valence-electron chi connectivity index (χ2n) is 2.34. The first-order chi connectivity index (χ1) is 6.52. The SMILES string of the molecule is CCC=CC(=O)OCCS(=O)(=O)ON. The van der Waals surface area contributed by atoms with Gasteiger partial charge in [0.15, 0.2) is 0 Å². The smallest absolute Gasteiger partial charge is 0.330 e. The topological polar surface area (TPSA) is 95.7 Å². The lowest BCUT2D eigenvalue weighted by Crippen LogP contribution is -2.19. The maximum atomic E-state index is 10.8. The van der Waals surface area contributed by atoms with Gasteiger partial charge >= 0.3 is 5.97 Å². The van der Waals surface area contributed by atoms with E-state index in [1.807, 2.05) is 6.92 Å². The third-order valence-corrected chi connectivity index (χ3v) is 2.17. The summed E-state index contributed by atoms with van der Waals surface area (Å²) in [5.41, 5.74) is 0. The largest absolute Gasteiger partial charge is 0.461 e. The van der Waals surface area contributed by atoms with Crippen LogP contribution in [0.4, 0.5) is 0 Å². The van der Waals surface area contributed by atoms with Crippen molar-refractivity contribution in [3.63, 3.8) is 0 Å². The van der Waals surface area contributed by atoms with Crippen molar-refractivity contribution < 1.29 is 22.2 Å². The summed E-state index contributed by atoms with van der Waals surface area (Å²) in [5.74, 6) is 3.43. The molecule has 0 saturated heterocycles. The van der Waals surface area contributed by atoms with Gasteiger partial charge in [-0.05, 0) is 6.42 Å². The van der Waals surface area contributed by atoms with E-state index >= 15 is 0 Å². The van der Waals surface area contributed by atoms with E-state index in [0.29, 0.717) is 6.42 Å². The van der Waals surface area contributed by atoms with Gasteiger partial charge in [0.25, 0.3) is 10.1 Å². The van der Waals surface area contributed by atoms with Gasteiger partial charge in [-0.3, -0.25) is 0 Å². The molecule has 7 heteroatoms. The summed E-state index contributed by atoms with van der Waals surface area (Å²) < 4.78 is 29.5. The number of rotatable bonds is 6. The van der Waals surface area contributed by atoms with Crippen LogP contribution in [0.5, 0.6) is 0 Å². The molecule has 0 aromatic heterocycles. The minimum atomic E-state index is -3.76. The van der Waals surface area contributed by atoms with Crippen LogP contribution in [0.25, 0.3) is 0 Å². The third-order valence-electron chi connectivity index (χ3n) is 1.21. The average molecular weight is 223 g/mol. The van der Waals surface area contributed by atoms with Crippen molar-refractivity contribution in [3.8, 4) is 0 Å². The zero-order valence-electron chi connectivity index (χ0n) is 7.80. The molecule has 0 aromatic rings. The monoisotopic (exact) mass is 223 g/mol. The Balaban J connectivity index is 3.75.